The van der Waals surface area contributed by atoms with Crippen LogP contribution in [0.3, 0.4) is 0 Å². The molecule has 2 amide bonds. The van der Waals surface area contributed by atoms with E-state index in [1.54, 1.807) is 54.6 Å². The van der Waals surface area contributed by atoms with Crippen molar-refractivity contribution in [2.24, 2.45) is 5.10 Å². The van der Waals surface area contributed by atoms with Crippen molar-refractivity contribution in [3.8, 4) is 5.75 Å². The maximum absolute atomic E-state index is 12.7. The van der Waals surface area contributed by atoms with Crippen LogP contribution in [0.2, 0.25) is 0 Å². The molecule has 0 saturated heterocycles. The van der Waals surface area contributed by atoms with Crippen molar-refractivity contribution in [3.05, 3.63) is 140 Å². The van der Waals surface area contributed by atoms with Gasteiger partial charge >= 0.3 is 5.97 Å². The summed E-state index contributed by atoms with van der Waals surface area (Å²) < 4.78 is 5.30. The Kier molecular flexibility index (Phi) is 8.50. The molecule has 0 aliphatic rings. The molecule has 13 nitrogen and oxygen atoms in total. The minimum Gasteiger partial charge on any atom is -0.422 e. The number of amides is 2. The van der Waals surface area contributed by atoms with Crippen LogP contribution < -0.4 is 15.5 Å². The van der Waals surface area contributed by atoms with Gasteiger partial charge in [-0.25, -0.2) is 10.2 Å². The van der Waals surface area contributed by atoms with Crippen LogP contribution in [0.1, 0.15) is 36.6 Å². The molecular weight excluding hydrogens is 534 g/mol. The van der Waals surface area contributed by atoms with Gasteiger partial charge in [-0.15, -0.1) is 0 Å². The Hall–Kier alpha value is -6.24. The van der Waals surface area contributed by atoms with E-state index in [2.05, 4.69) is 15.8 Å². The number of esters is 1. The van der Waals surface area contributed by atoms with Gasteiger partial charge in [0.2, 0.25) is 0 Å². The van der Waals surface area contributed by atoms with E-state index < -0.39 is 38.7 Å². The maximum atomic E-state index is 12.7. The SMILES string of the molecule is O=C(N/N=C/c1ccccc1OC(=O)c1cc([N+](=O)[O-])cc([N+](=O)[O-])c1)c1ccc(NC(=O)c2ccccc2)cc1. The van der Waals surface area contributed by atoms with E-state index >= 15 is 0 Å². The van der Waals surface area contributed by atoms with Gasteiger partial charge in [0.05, 0.1) is 27.7 Å². The molecule has 0 unspecified atom stereocenters. The number of carbonyl (C=O) groups excluding carboxylic acids is 3. The Morgan fingerprint density at radius 2 is 1.29 bits per heavy atom. The van der Waals surface area contributed by atoms with Gasteiger partial charge in [0.15, 0.2) is 0 Å². The number of para-hydroxylation sites is 1. The molecule has 4 rings (SSSR count). The van der Waals surface area contributed by atoms with Crippen LogP contribution in [0.25, 0.3) is 0 Å². The molecule has 4 aromatic rings. The zero-order valence-electron chi connectivity index (χ0n) is 20.9. The number of anilines is 1. The number of hydrazone groups is 1. The largest absolute Gasteiger partial charge is 0.422 e. The summed E-state index contributed by atoms with van der Waals surface area (Å²) in [6, 6.07) is 23.3. The summed E-state index contributed by atoms with van der Waals surface area (Å²) in [5, 5.41) is 28.8. The molecule has 4 aromatic carbocycles. The number of rotatable bonds is 9. The smallest absolute Gasteiger partial charge is 0.344 e. The van der Waals surface area contributed by atoms with Crippen molar-refractivity contribution in [2.45, 2.75) is 0 Å². The third-order valence-corrected chi connectivity index (χ3v) is 5.49. The van der Waals surface area contributed by atoms with Gasteiger partial charge in [-0.1, -0.05) is 30.3 Å². The number of nitrogens with zero attached hydrogens (tertiary/aromatic N) is 3. The van der Waals surface area contributed by atoms with E-state index in [9.17, 15) is 34.6 Å². The van der Waals surface area contributed by atoms with E-state index in [1.807, 2.05) is 0 Å². The summed E-state index contributed by atoms with van der Waals surface area (Å²) in [6.45, 7) is 0. The summed E-state index contributed by atoms with van der Waals surface area (Å²) in [5.41, 5.74) is 2.15. The molecule has 0 aromatic heterocycles. The molecule has 0 atom stereocenters. The predicted octanol–water partition coefficient (Wildman–Crippen LogP) is 4.74. The summed E-state index contributed by atoms with van der Waals surface area (Å²) in [6.07, 6.45) is 1.21. The predicted molar refractivity (Wildman–Crippen MR) is 147 cm³/mol. The van der Waals surface area contributed by atoms with Gasteiger partial charge < -0.3 is 10.1 Å². The Labute approximate surface area is 231 Å². The summed E-state index contributed by atoms with van der Waals surface area (Å²) in [4.78, 5) is 57.9. The quantitative estimate of drug-likeness (QED) is 0.0979. The fraction of sp³-hybridized carbons (Fsp3) is 0. The molecule has 13 heteroatoms. The first-order valence-electron chi connectivity index (χ1n) is 11.8. The molecular formula is C28H19N5O8. The van der Waals surface area contributed by atoms with Crippen molar-refractivity contribution in [2.75, 3.05) is 5.32 Å². The third-order valence-electron chi connectivity index (χ3n) is 5.49. The van der Waals surface area contributed by atoms with E-state index in [0.717, 1.165) is 18.2 Å². The third kappa shape index (κ3) is 7.20. The van der Waals surface area contributed by atoms with Gasteiger partial charge in [0, 0.05) is 34.5 Å². The van der Waals surface area contributed by atoms with Crippen LogP contribution in [-0.2, 0) is 0 Å². The number of hydrogen-bond acceptors (Lipinski definition) is 9. The van der Waals surface area contributed by atoms with E-state index in [1.165, 1.54) is 30.5 Å². The fourth-order valence-corrected chi connectivity index (χ4v) is 3.49. The van der Waals surface area contributed by atoms with Crippen molar-refractivity contribution < 1.29 is 29.0 Å². The van der Waals surface area contributed by atoms with Crippen LogP contribution in [-0.4, -0.2) is 33.8 Å². The highest BCUT2D eigenvalue weighted by Crippen LogP contribution is 2.25. The van der Waals surface area contributed by atoms with Gasteiger partial charge in [-0.2, -0.15) is 5.10 Å². The zero-order chi connectivity index (χ0) is 29.4. The standard InChI is InChI=1S/C28H19N5O8/c34-26(18-6-2-1-3-7-18)30-22-12-10-19(11-13-22)27(35)31-29-17-20-8-4-5-9-25(20)41-28(36)21-14-23(32(37)38)16-24(15-21)33(39)40/h1-17H,(H,30,34)(H,31,35)/b29-17+. The molecule has 0 saturated carbocycles. The minimum absolute atomic E-state index is 0.0110. The highest BCUT2D eigenvalue weighted by atomic mass is 16.6. The number of hydrogen-bond donors (Lipinski definition) is 2. The first kappa shape index (κ1) is 27.8. The monoisotopic (exact) mass is 553 g/mol. The average molecular weight is 553 g/mol. The van der Waals surface area contributed by atoms with Crippen LogP contribution in [0, 0.1) is 20.2 Å². The van der Waals surface area contributed by atoms with Crippen molar-refractivity contribution >= 4 is 41.1 Å². The molecule has 204 valence electrons. The Morgan fingerprint density at radius 1 is 0.707 bits per heavy atom. The van der Waals surface area contributed by atoms with Crippen molar-refractivity contribution in [1.82, 2.24) is 5.43 Å². The average Bonchev–Trinajstić information content (AvgIpc) is 2.98. The van der Waals surface area contributed by atoms with Crippen molar-refractivity contribution in [3.63, 3.8) is 0 Å². The van der Waals surface area contributed by atoms with E-state index in [4.69, 9.17) is 4.74 Å². The molecule has 2 N–H and O–H groups in total. The van der Waals surface area contributed by atoms with E-state index in [-0.39, 0.29) is 22.8 Å². The second kappa shape index (κ2) is 12.5. The molecule has 0 radical (unpaired) electrons. The number of non-ortho nitro benzene ring substituents is 2. The molecule has 41 heavy (non-hydrogen) atoms. The first-order valence-corrected chi connectivity index (χ1v) is 11.8. The molecule has 0 aliphatic carbocycles. The summed E-state index contributed by atoms with van der Waals surface area (Å²) in [7, 11) is 0. The van der Waals surface area contributed by atoms with Gasteiger partial charge in [0.25, 0.3) is 23.2 Å². The van der Waals surface area contributed by atoms with Crippen LogP contribution in [0.4, 0.5) is 17.1 Å². The van der Waals surface area contributed by atoms with Crippen LogP contribution in [0.15, 0.2) is 102 Å². The summed E-state index contributed by atoms with van der Waals surface area (Å²) >= 11 is 0. The van der Waals surface area contributed by atoms with Crippen LogP contribution in [0.5, 0.6) is 5.75 Å². The van der Waals surface area contributed by atoms with E-state index in [0.29, 0.717) is 11.3 Å². The Bertz CT molecular complexity index is 1640. The topological polar surface area (TPSA) is 183 Å². The maximum Gasteiger partial charge on any atom is 0.344 e. The summed E-state index contributed by atoms with van der Waals surface area (Å²) in [5.74, 6) is -1.93. The zero-order valence-corrected chi connectivity index (χ0v) is 20.9. The lowest BCUT2D eigenvalue weighted by atomic mass is 10.1. The lowest BCUT2D eigenvalue weighted by Crippen LogP contribution is -2.18. The fourth-order valence-electron chi connectivity index (χ4n) is 3.49. The molecule has 0 bridgehead atoms. The highest BCUT2D eigenvalue weighted by molar-refractivity contribution is 6.04. The number of nitrogens with one attached hydrogen (secondary N) is 2. The number of nitro benzene ring substituents is 2. The molecule has 0 fully saturated rings. The number of carbonyl (C=O) groups is 3. The van der Waals surface area contributed by atoms with Gasteiger partial charge in [-0.3, -0.25) is 29.8 Å². The molecule has 0 heterocycles. The normalized spacial score (nSPS) is 10.5. The molecule has 0 spiro atoms. The van der Waals surface area contributed by atoms with Crippen molar-refractivity contribution in [1.29, 1.82) is 0 Å². The molecule has 0 aliphatic heterocycles. The number of benzene rings is 4. The van der Waals surface area contributed by atoms with Gasteiger partial charge in [0.1, 0.15) is 5.75 Å². The Morgan fingerprint density at radius 3 is 1.93 bits per heavy atom. The second-order valence-corrected chi connectivity index (χ2v) is 8.28. The lowest BCUT2D eigenvalue weighted by molar-refractivity contribution is -0.394. The second-order valence-electron chi connectivity index (χ2n) is 8.28. The Balaban J connectivity index is 1.41. The van der Waals surface area contributed by atoms with Gasteiger partial charge in [-0.05, 0) is 48.5 Å². The highest BCUT2D eigenvalue weighted by Gasteiger charge is 2.21. The number of nitro groups is 2. The lowest BCUT2D eigenvalue weighted by Gasteiger charge is -2.08. The first-order chi connectivity index (χ1) is 19.7. The minimum atomic E-state index is -1.07. The number of ether oxygens (including phenoxy) is 1. The van der Waals surface area contributed by atoms with Crippen LogP contribution >= 0.6 is 0 Å².